The molecule has 0 aliphatic carbocycles. The smallest absolute Gasteiger partial charge is 0.269 e. The summed E-state index contributed by atoms with van der Waals surface area (Å²) in [6.07, 6.45) is 7.65. The van der Waals surface area contributed by atoms with Crippen LogP contribution in [0.2, 0.25) is 0 Å². The molecule has 2 heterocycles. The molecular weight excluding hydrogens is 294 g/mol. The summed E-state index contributed by atoms with van der Waals surface area (Å²) in [5.74, 6) is -0.385. The van der Waals surface area contributed by atoms with E-state index in [1.165, 1.54) is 6.20 Å². The zero-order valence-electron chi connectivity index (χ0n) is 12.2. The quantitative estimate of drug-likeness (QED) is 0.739. The molecule has 116 valence electrons. The van der Waals surface area contributed by atoms with E-state index in [1.807, 2.05) is 41.1 Å². The average Bonchev–Trinajstić information content (AvgIpc) is 3.08. The van der Waals surface area contributed by atoms with Crippen molar-refractivity contribution in [3.63, 3.8) is 0 Å². The fourth-order valence-corrected chi connectivity index (χ4v) is 2.25. The molecule has 1 aromatic carbocycles. The second-order valence-electron chi connectivity index (χ2n) is 5.01. The molecule has 3 rings (SSSR count). The molecule has 0 spiro atoms. The predicted molar refractivity (Wildman–Crippen MR) is 83.7 cm³/mol. The Hall–Kier alpha value is -3.22. The van der Waals surface area contributed by atoms with E-state index in [4.69, 9.17) is 0 Å². The zero-order chi connectivity index (χ0) is 16.1. The van der Waals surface area contributed by atoms with Crippen LogP contribution in [0.4, 0.5) is 0 Å². The third kappa shape index (κ3) is 3.70. The van der Waals surface area contributed by atoms with Crippen LogP contribution in [0.3, 0.4) is 0 Å². The number of nitrogens with zero attached hydrogens (tertiary/aromatic N) is 3. The van der Waals surface area contributed by atoms with Crippen LogP contribution in [0.15, 0.2) is 66.2 Å². The Morgan fingerprint density at radius 1 is 1.22 bits per heavy atom. The third-order valence-electron chi connectivity index (χ3n) is 3.36. The van der Waals surface area contributed by atoms with Gasteiger partial charge in [-0.2, -0.15) is 0 Å². The topological polar surface area (TPSA) is 92.7 Å². The second-order valence-corrected chi connectivity index (χ2v) is 5.01. The van der Waals surface area contributed by atoms with Crippen LogP contribution in [0.25, 0.3) is 0 Å². The maximum absolute atomic E-state index is 12.4. The van der Waals surface area contributed by atoms with Crippen molar-refractivity contribution in [3.05, 3.63) is 83.1 Å². The number of hydrogen-bond donors (Lipinski definition) is 2. The molecule has 0 fully saturated rings. The van der Waals surface area contributed by atoms with E-state index in [9.17, 15) is 9.59 Å². The average molecular weight is 309 g/mol. The van der Waals surface area contributed by atoms with Crippen LogP contribution >= 0.6 is 0 Å². The normalized spacial score (nSPS) is 11.8. The van der Waals surface area contributed by atoms with Gasteiger partial charge in [-0.15, -0.1) is 0 Å². The maximum Gasteiger partial charge on any atom is 0.269 e. The molecule has 0 radical (unpaired) electrons. The van der Waals surface area contributed by atoms with Gasteiger partial charge in [-0.1, -0.05) is 30.3 Å². The molecule has 0 unspecified atom stereocenters. The van der Waals surface area contributed by atoms with Crippen molar-refractivity contribution < 1.29 is 4.79 Å². The molecule has 0 saturated carbocycles. The highest BCUT2D eigenvalue weighted by molar-refractivity contribution is 5.92. The van der Waals surface area contributed by atoms with Gasteiger partial charge in [0, 0.05) is 18.9 Å². The van der Waals surface area contributed by atoms with Crippen molar-refractivity contribution in [1.82, 2.24) is 24.8 Å². The van der Waals surface area contributed by atoms with Gasteiger partial charge in [0.05, 0.1) is 24.8 Å². The number of benzene rings is 1. The molecule has 0 bridgehead atoms. The largest absolute Gasteiger partial charge is 0.342 e. The van der Waals surface area contributed by atoms with Crippen LogP contribution in [0.1, 0.15) is 22.1 Å². The summed E-state index contributed by atoms with van der Waals surface area (Å²) < 4.78 is 1.88. The lowest BCUT2D eigenvalue weighted by molar-refractivity contribution is 0.0927. The summed E-state index contributed by atoms with van der Waals surface area (Å²) in [7, 11) is 0. The van der Waals surface area contributed by atoms with Gasteiger partial charge in [-0.3, -0.25) is 14.6 Å². The highest BCUT2D eigenvalue weighted by Crippen LogP contribution is 2.15. The molecule has 0 aliphatic rings. The van der Waals surface area contributed by atoms with E-state index in [0.29, 0.717) is 6.54 Å². The Labute approximate surface area is 132 Å². The fourth-order valence-electron chi connectivity index (χ4n) is 2.25. The number of carbonyl (C=O) groups excluding carboxylic acids is 1. The summed E-state index contributed by atoms with van der Waals surface area (Å²) in [4.78, 5) is 33.9. The third-order valence-corrected chi connectivity index (χ3v) is 3.36. The van der Waals surface area contributed by atoms with E-state index in [1.54, 1.807) is 12.5 Å². The first kappa shape index (κ1) is 14.7. The van der Waals surface area contributed by atoms with Gasteiger partial charge in [0.1, 0.15) is 5.69 Å². The van der Waals surface area contributed by atoms with E-state index in [0.717, 1.165) is 11.8 Å². The van der Waals surface area contributed by atoms with Crippen LogP contribution in [0, 0.1) is 0 Å². The highest BCUT2D eigenvalue weighted by Gasteiger charge is 2.17. The molecule has 0 saturated heterocycles. The van der Waals surface area contributed by atoms with Crippen LogP contribution in [-0.4, -0.2) is 25.4 Å². The monoisotopic (exact) mass is 309 g/mol. The molecule has 7 nitrogen and oxygen atoms in total. The summed E-state index contributed by atoms with van der Waals surface area (Å²) >= 11 is 0. The lowest BCUT2D eigenvalue weighted by Crippen LogP contribution is -2.32. The maximum atomic E-state index is 12.4. The molecule has 1 amide bonds. The molecule has 7 heteroatoms. The number of amides is 1. The predicted octanol–water partition coefficient (Wildman–Crippen LogP) is 1.14. The van der Waals surface area contributed by atoms with Crippen molar-refractivity contribution in [2.24, 2.45) is 0 Å². The zero-order valence-corrected chi connectivity index (χ0v) is 12.2. The Bertz CT molecular complexity index is 827. The first-order valence-electron chi connectivity index (χ1n) is 7.08. The Morgan fingerprint density at radius 3 is 2.74 bits per heavy atom. The van der Waals surface area contributed by atoms with Crippen molar-refractivity contribution in [2.75, 3.05) is 0 Å². The number of aromatic nitrogens is 4. The molecule has 2 N–H and O–H groups in total. The molecular formula is C16H15N5O2. The summed E-state index contributed by atoms with van der Waals surface area (Å²) in [5, 5.41) is 2.92. The fraction of sp³-hybridized carbons (Fsp3) is 0.125. The minimum Gasteiger partial charge on any atom is -0.342 e. The lowest BCUT2D eigenvalue weighted by atomic mass is 10.1. The van der Waals surface area contributed by atoms with Gasteiger partial charge in [-0.05, 0) is 5.56 Å². The van der Waals surface area contributed by atoms with E-state index in [2.05, 4.69) is 20.3 Å². The van der Waals surface area contributed by atoms with Crippen molar-refractivity contribution in [2.45, 2.75) is 12.6 Å². The minimum atomic E-state index is -0.413. The molecule has 0 aliphatic heterocycles. The van der Waals surface area contributed by atoms with E-state index >= 15 is 0 Å². The van der Waals surface area contributed by atoms with Gasteiger partial charge in [0.2, 0.25) is 0 Å². The van der Waals surface area contributed by atoms with Gasteiger partial charge in [0.25, 0.3) is 11.5 Å². The van der Waals surface area contributed by atoms with Crippen LogP contribution in [-0.2, 0) is 6.54 Å². The van der Waals surface area contributed by atoms with Gasteiger partial charge in [0.15, 0.2) is 0 Å². The molecule has 3 aromatic rings. The molecule has 2 aromatic heterocycles. The second kappa shape index (κ2) is 6.69. The number of carbonyl (C=O) groups is 1. The highest BCUT2D eigenvalue weighted by atomic mass is 16.2. The first-order valence-corrected chi connectivity index (χ1v) is 7.08. The van der Waals surface area contributed by atoms with Crippen molar-refractivity contribution in [3.8, 4) is 0 Å². The van der Waals surface area contributed by atoms with Gasteiger partial charge in [-0.25, -0.2) is 4.98 Å². The summed E-state index contributed by atoms with van der Waals surface area (Å²) in [5.41, 5.74) is 0.674. The molecule has 23 heavy (non-hydrogen) atoms. The number of imidazole rings is 1. The summed E-state index contributed by atoms with van der Waals surface area (Å²) in [6, 6.07) is 9.35. The van der Waals surface area contributed by atoms with Gasteiger partial charge >= 0.3 is 0 Å². The van der Waals surface area contributed by atoms with E-state index in [-0.39, 0.29) is 17.6 Å². The Morgan fingerprint density at radius 2 is 2.04 bits per heavy atom. The summed E-state index contributed by atoms with van der Waals surface area (Å²) in [6.45, 7) is 0.528. The number of aromatic amines is 1. The number of rotatable bonds is 5. The van der Waals surface area contributed by atoms with Gasteiger partial charge < -0.3 is 14.9 Å². The number of nitrogens with one attached hydrogen (secondary N) is 2. The molecule has 1 atom stereocenters. The van der Waals surface area contributed by atoms with E-state index < -0.39 is 5.56 Å². The number of H-pyrrole nitrogens is 1. The standard InChI is InChI=1S/C16H15N5O2/c22-15-9-18-8-13(19-15)16(23)20-14(10-21-7-6-17-11-21)12-4-2-1-3-5-12/h1-9,11,14H,10H2,(H,19,22)(H,20,23)/t14-/m0/s1. The minimum absolute atomic E-state index is 0.129. The SMILES string of the molecule is O=C(N[C@@H](Cn1ccnc1)c1ccccc1)c1cncc(=O)[nH]1. The number of hydrogen-bond acceptors (Lipinski definition) is 4. The first-order chi connectivity index (χ1) is 11.2. The van der Waals surface area contributed by atoms with Crippen LogP contribution in [0.5, 0.6) is 0 Å². The Kier molecular flexibility index (Phi) is 4.28. The van der Waals surface area contributed by atoms with Crippen LogP contribution < -0.4 is 10.9 Å². The lowest BCUT2D eigenvalue weighted by Gasteiger charge is -2.19. The van der Waals surface area contributed by atoms with Crippen molar-refractivity contribution >= 4 is 5.91 Å². The van der Waals surface area contributed by atoms with Crippen molar-refractivity contribution in [1.29, 1.82) is 0 Å². The Balaban J connectivity index is 1.83.